The lowest BCUT2D eigenvalue weighted by Crippen LogP contribution is -2.52. The largest absolute Gasteiger partial charge is 0.345 e. The number of hydrogen-bond acceptors (Lipinski definition) is 4. The summed E-state index contributed by atoms with van der Waals surface area (Å²) in [6.45, 7) is 5.25. The number of benzene rings is 1. The Balaban J connectivity index is 2.89. The van der Waals surface area contributed by atoms with Crippen LogP contribution in [0.25, 0.3) is 0 Å². The highest BCUT2D eigenvalue weighted by atomic mass is 16.2. The highest BCUT2D eigenvalue weighted by Crippen LogP contribution is 2.09. The summed E-state index contributed by atoms with van der Waals surface area (Å²) in [6.07, 6.45) is 0.504. The number of carbonyl (C=O) groups excluding carboxylic acids is 3. The van der Waals surface area contributed by atoms with Gasteiger partial charge in [0.1, 0.15) is 6.04 Å². The van der Waals surface area contributed by atoms with E-state index in [9.17, 15) is 14.4 Å². The Kier molecular flexibility index (Phi) is 8.34. The molecule has 134 valence electrons. The van der Waals surface area contributed by atoms with Gasteiger partial charge in [0.15, 0.2) is 5.78 Å². The molecule has 0 bridgehead atoms. The molecular weight excluding hydrogens is 318 g/mol. The van der Waals surface area contributed by atoms with Gasteiger partial charge in [-0.05, 0) is 24.3 Å². The summed E-state index contributed by atoms with van der Waals surface area (Å²) in [4.78, 5) is 36.1. The Bertz CT molecular complexity index is 635. The molecule has 6 nitrogen and oxygen atoms in total. The smallest absolute Gasteiger partial charge is 0.243 e. The molecule has 0 saturated heterocycles. The molecule has 1 rings (SSSR count). The van der Waals surface area contributed by atoms with Crippen LogP contribution in [-0.2, 0) is 20.8 Å². The number of amides is 2. The first-order valence-electron chi connectivity index (χ1n) is 8.34. The minimum absolute atomic E-state index is 0.199. The van der Waals surface area contributed by atoms with E-state index in [1.807, 2.05) is 50.2 Å². The predicted octanol–water partition coefficient (Wildman–Crippen LogP) is 1.75. The SMILES string of the molecule is CC(=O)N[C@@H](CC(C)C)C(=O)N[C@@H](Cc1ccccc1)C(=O)CC#N. The maximum absolute atomic E-state index is 12.6. The first kappa shape index (κ1) is 20.4. The van der Waals surface area contributed by atoms with Crippen molar-refractivity contribution in [1.29, 1.82) is 5.26 Å². The third-order valence-corrected chi connectivity index (χ3v) is 3.64. The van der Waals surface area contributed by atoms with Gasteiger partial charge in [0.2, 0.25) is 11.8 Å². The summed E-state index contributed by atoms with van der Waals surface area (Å²) in [5.74, 6) is -0.851. The zero-order valence-electron chi connectivity index (χ0n) is 14.9. The maximum atomic E-state index is 12.6. The van der Waals surface area contributed by atoms with Crippen molar-refractivity contribution in [3.05, 3.63) is 35.9 Å². The van der Waals surface area contributed by atoms with Crippen LogP contribution in [0, 0.1) is 17.2 Å². The second kappa shape index (κ2) is 10.2. The van der Waals surface area contributed by atoms with E-state index in [1.54, 1.807) is 0 Å². The zero-order valence-corrected chi connectivity index (χ0v) is 14.9. The van der Waals surface area contributed by atoms with E-state index >= 15 is 0 Å². The molecule has 0 aromatic heterocycles. The second-order valence-electron chi connectivity index (χ2n) is 6.43. The topological polar surface area (TPSA) is 99.1 Å². The molecule has 0 saturated carbocycles. The quantitative estimate of drug-likeness (QED) is 0.713. The molecular formula is C19H25N3O3. The standard InChI is InChI=1S/C19H25N3O3/c1-13(2)11-17(21-14(3)23)19(25)22-16(18(24)9-10-20)12-15-7-5-4-6-8-15/h4-8,13,16-17H,9,11-12H2,1-3H3,(H,21,23)(H,22,25)/t16-,17-/m0/s1. The fourth-order valence-electron chi connectivity index (χ4n) is 2.52. The van der Waals surface area contributed by atoms with Crippen molar-refractivity contribution < 1.29 is 14.4 Å². The summed E-state index contributed by atoms with van der Waals surface area (Å²) in [7, 11) is 0. The summed E-state index contributed by atoms with van der Waals surface area (Å²) < 4.78 is 0. The summed E-state index contributed by atoms with van der Waals surface area (Å²) in [6, 6.07) is 9.61. The van der Waals surface area contributed by atoms with Gasteiger partial charge < -0.3 is 10.6 Å². The third kappa shape index (κ3) is 7.62. The second-order valence-corrected chi connectivity index (χ2v) is 6.43. The van der Waals surface area contributed by atoms with Gasteiger partial charge in [-0.25, -0.2) is 0 Å². The van der Waals surface area contributed by atoms with E-state index in [1.165, 1.54) is 6.92 Å². The first-order chi connectivity index (χ1) is 11.8. The number of nitrogens with one attached hydrogen (secondary N) is 2. The van der Waals surface area contributed by atoms with Crippen molar-refractivity contribution in [3.8, 4) is 6.07 Å². The Morgan fingerprint density at radius 1 is 1.08 bits per heavy atom. The number of carbonyl (C=O) groups is 3. The molecule has 2 N–H and O–H groups in total. The normalized spacial score (nSPS) is 12.8. The first-order valence-corrected chi connectivity index (χ1v) is 8.34. The van der Waals surface area contributed by atoms with Gasteiger partial charge in [-0.1, -0.05) is 44.2 Å². The van der Waals surface area contributed by atoms with Crippen LogP contribution in [0.4, 0.5) is 0 Å². The molecule has 6 heteroatoms. The van der Waals surface area contributed by atoms with E-state index in [-0.39, 0.29) is 24.0 Å². The van der Waals surface area contributed by atoms with Gasteiger partial charge >= 0.3 is 0 Å². The minimum Gasteiger partial charge on any atom is -0.345 e. The van der Waals surface area contributed by atoms with Crippen LogP contribution in [-0.4, -0.2) is 29.7 Å². The monoisotopic (exact) mass is 343 g/mol. The third-order valence-electron chi connectivity index (χ3n) is 3.64. The lowest BCUT2D eigenvalue weighted by Gasteiger charge is -2.23. The highest BCUT2D eigenvalue weighted by Gasteiger charge is 2.26. The number of nitriles is 1. The van der Waals surface area contributed by atoms with Crippen molar-refractivity contribution in [1.82, 2.24) is 10.6 Å². The Labute approximate surface area is 148 Å². The van der Waals surface area contributed by atoms with Gasteiger partial charge in [0.05, 0.1) is 18.5 Å². The van der Waals surface area contributed by atoms with Crippen LogP contribution in [0.2, 0.25) is 0 Å². The summed E-state index contributed by atoms with van der Waals surface area (Å²) in [5.41, 5.74) is 0.888. The van der Waals surface area contributed by atoms with Crippen molar-refractivity contribution in [2.45, 2.75) is 52.1 Å². The molecule has 0 spiro atoms. The van der Waals surface area contributed by atoms with Crippen LogP contribution >= 0.6 is 0 Å². The average molecular weight is 343 g/mol. The molecule has 1 aromatic carbocycles. The van der Waals surface area contributed by atoms with Crippen LogP contribution in [0.1, 0.15) is 39.2 Å². The van der Waals surface area contributed by atoms with E-state index in [0.29, 0.717) is 12.8 Å². The van der Waals surface area contributed by atoms with Gasteiger partial charge in [-0.3, -0.25) is 14.4 Å². The van der Waals surface area contributed by atoms with E-state index in [2.05, 4.69) is 10.6 Å². The molecule has 0 radical (unpaired) electrons. The molecule has 0 aliphatic carbocycles. The average Bonchev–Trinajstić information content (AvgIpc) is 2.54. The molecule has 0 aliphatic rings. The fraction of sp³-hybridized carbons (Fsp3) is 0.474. The molecule has 1 aromatic rings. The van der Waals surface area contributed by atoms with Crippen molar-refractivity contribution in [3.63, 3.8) is 0 Å². The molecule has 0 heterocycles. The van der Waals surface area contributed by atoms with Gasteiger partial charge in [0.25, 0.3) is 0 Å². The van der Waals surface area contributed by atoms with E-state index in [4.69, 9.17) is 5.26 Å². The van der Waals surface area contributed by atoms with Crippen LogP contribution in [0.15, 0.2) is 30.3 Å². The summed E-state index contributed by atoms with van der Waals surface area (Å²) in [5, 5.41) is 14.1. The lowest BCUT2D eigenvalue weighted by molar-refractivity contribution is -0.131. The van der Waals surface area contributed by atoms with Crippen LogP contribution in [0.3, 0.4) is 0 Å². The highest BCUT2D eigenvalue weighted by molar-refractivity contribution is 5.93. The summed E-state index contributed by atoms with van der Waals surface area (Å²) >= 11 is 0. The number of ketones is 1. The van der Waals surface area contributed by atoms with Gasteiger partial charge in [-0.2, -0.15) is 5.26 Å². The van der Waals surface area contributed by atoms with E-state index in [0.717, 1.165) is 5.56 Å². The van der Waals surface area contributed by atoms with E-state index < -0.39 is 18.0 Å². The fourth-order valence-corrected chi connectivity index (χ4v) is 2.52. The molecule has 0 fully saturated rings. The Hall–Kier alpha value is -2.68. The molecule has 25 heavy (non-hydrogen) atoms. The van der Waals surface area contributed by atoms with Gasteiger partial charge in [0, 0.05) is 6.92 Å². The van der Waals surface area contributed by atoms with Crippen LogP contribution < -0.4 is 10.6 Å². The minimum atomic E-state index is -0.794. The number of nitrogens with zero attached hydrogens (tertiary/aromatic N) is 1. The van der Waals surface area contributed by atoms with Crippen molar-refractivity contribution in [2.24, 2.45) is 5.92 Å². The molecule has 0 unspecified atom stereocenters. The van der Waals surface area contributed by atoms with Crippen molar-refractivity contribution in [2.75, 3.05) is 0 Å². The number of hydrogen-bond donors (Lipinski definition) is 2. The molecule has 2 atom stereocenters. The number of Topliss-reactive ketones (excluding diaryl/α,β-unsaturated/α-hetero) is 1. The Morgan fingerprint density at radius 2 is 1.72 bits per heavy atom. The zero-order chi connectivity index (χ0) is 18.8. The predicted molar refractivity (Wildman–Crippen MR) is 94.4 cm³/mol. The van der Waals surface area contributed by atoms with Crippen LogP contribution in [0.5, 0.6) is 0 Å². The molecule has 2 amide bonds. The number of rotatable bonds is 9. The Morgan fingerprint density at radius 3 is 2.24 bits per heavy atom. The van der Waals surface area contributed by atoms with Crippen molar-refractivity contribution >= 4 is 17.6 Å². The molecule has 0 aliphatic heterocycles. The lowest BCUT2D eigenvalue weighted by atomic mass is 9.98. The maximum Gasteiger partial charge on any atom is 0.243 e. The van der Waals surface area contributed by atoms with Gasteiger partial charge in [-0.15, -0.1) is 0 Å².